The Kier molecular flexibility index (Phi) is 10.9. The number of nitrogens with zero attached hydrogens (tertiary/aromatic N) is 4. The number of methoxy groups -OCH3 is 1. The zero-order chi connectivity index (χ0) is 21.9. The van der Waals surface area contributed by atoms with Crippen molar-refractivity contribution in [3.05, 3.63) is 71.8 Å². The predicted molar refractivity (Wildman–Crippen MR) is 137 cm³/mol. The molecule has 3 aromatic rings. The van der Waals surface area contributed by atoms with Gasteiger partial charge in [-0.15, -0.1) is 24.0 Å². The van der Waals surface area contributed by atoms with Gasteiger partial charge in [0.2, 0.25) is 0 Å². The van der Waals surface area contributed by atoms with Crippen LogP contribution in [0.2, 0.25) is 0 Å². The van der Waals surface area contributed by atoms with Crippen LogP contribution in [-0.4, -0.2) is 47.6 Å². The Morgan fingerprint density at radius 2 is 1.91 bits per heavy atom. The third-order valence-electron chi connectivity index (χ3n) is 4.60. The largest absolute Gasteiger partial charge is 0.491 e. The standard InChI is InChI=1S/C23H30N6O2.HI/c1-4-25-23(26-14-19-6-9-21(10-7-19)29-17-24-16-28-29)27-15-20-8-5-18(2)13-22(20)31-12-11-30-3;/h5-10,13,16-17H,4,11-12,14-15H2,1-3H3,(H2,25,26,27);1H. The number of hydrogen-bond acceptors (Lipinski definition) is 5. The lowest BCUT2D eigenvalue weighted by atomic mass is 10.1. The average molecular weight is 550 g/mol. The van der Waals surface area contributed by atoms with Gasteiger partial charge in [0, 0.05) is 25.8 Å². The zero-order valence-corrected chi connectivity index (χ0v) is 21.1. The van der Waals surface area contributed by atoms with E-state index in [-0.39, 0.29) is 24.0 Å². The smallest absolute Gasteiger partial charge is 0.191 e. The lowest BCUT2D eigenvalue weighted by Crippen LogP contribution is -2.36. The van der Waals surface area contributed by atoms with Gasteiger partial charge in [0.05, 0.1) is 18.8 Å². The van der Waals surface area contributed by atoms with E-state index < -0.39 is 0 Å². The molecule has 172 valence electrons. The van der Waals surface area contributed by atoms with Crippen LogP contribution in [0.1, 0.15) is 23.6 Å². The summed E-state index contributed by atoms with van der Waals surface area (Å²) in [6.45, 7) is 7.14. The zero-order valence-electron chi connectivity index (χ0n) is 18.7. The summed E-state index contributed by atoms with van der Waals surface area (Å²) in [5, 5.41) is 10.8. The topological polar surface area (TPSA) is 85.6 Å². The molecule has 0 atom stereocenters. The molecule has 0 aliphatic heterocycles. The van der Waals surface area contributed by atoms with Crippen molar-refractivity contribution in [2.24, 2.45) is 4.99 Å². The Morgan fingerprint density at radius 1 is 1.09 bits per heavy atom. The summed E-state index contributed by atoms with van der Waals surface area (Å²) in [5.74, 6) is 1.62. The molecule has 2 aromatic carbocycles. The highest BCUT2D eigenvalue weighted by atomic mass is 127. The Morgan fingerprint density at radius 3 is 2.59 bits per heavy atom. The maximum absolute atomic E-state index is 5.88. The van der Waals surface area contributed by atoms with E-state index in [2.05, 4.69) is 46.7 Å². The van der Waals surface area contributed by atoms with Gasteiger partial charge in [-0.2, -0.15) is 5.10 Å². The second-order valence-electron chi connectivity index (χ2n) is 7.01. The molecule has 32 heavy (non-hydrogen) atoms. The number of nitrogens with one attached hydrogen (secondary N) is 2. The fraction of sp³-hybridized carbons (Fsp3) is 0.348. The summed E-state index contributed by atoms with van der Waals surface area (Å²) in [5.41, 5.74) is 4.31. The first-order valence-electron chi connectivity index (χ1n) is 10.4. The van der Waals surface area contributed by atoms with Crippen LogP contribution in [0.4, 0.5) is 0 Å². The van der Waals surface area contributed by atoms with Crippen molar-refractivity contribution in [2.75, 3.05) is 26.9 Å². The maximum atomic E-state index is 5.88. The highest BCUT2D eigenvalue weighted by molar-refractivity contribution is 14.0. The quantitative estimate of drug-likeness (QED) is 0.174. The van der Waals surface area contributed by atoms with Gasteiger partial charge in [0.15, 0.2) is 5.96 Å². The Labute approximate surface area is 206 Å². The van der Waals surface area contributed by atoms with Crippen LogP contribution in [0.3, 0.4) is 0 Å². The number of aryl methyl sites for hydroxylation is 1. The summed E-state index contributed by atoms with van der Waals surface area (Å²) in [4.78, 5) is 8.69. The Bertz CT molecular complexity index is 961. The van der Waals surface area contributed by atoms with E-state index >= 15 is 0 Å². The van der Waals surface area contributed by atoms with E-state index in [0.29, 0.717) is 26.3 Å². The van der Waals surface area contributed by atoms with Gasteiger partial charge in [-0.05, 0) is 43.2 Å². The van der Waals surface area contributed by atoms with E-state index in [1.54, 1.807) is 18.1 Å². The minimum atomic E-state index is 0. The third-order valence-corrected chi connectivity index (χ3v) is 4.60. The van der Waals surface area contributed by atoms with Crippen LogP contribution in [0.25, 0.3) is 5.69 Å². The second kappa shape index (κ2) is 13.7. The van der Waals surface area contributed by atoms with Crippen molar-refractivity contribution in [1.82, 2.24) is 25.4 Å². The molecule has 0 fully saturated rings. The van der Waals surface area contributed by atoms with E-state index in [1.807, 2.05) is 30.3 Å². The van der Waals surface area contributed by atoms with Gasteiger partial charge >= 0.3 is 0 Å². The first kappa shape index (κ1) is 25.6. The number of ether oxygens (including phenoxy) is 2. The molecular formula is C23H31IN6O2. The molecule has 0 bridgehead atoms. The van der Waals surface area contributed by atoms with Crippen LogP contribution in [-0.2, 0) is 17.8 Å². The number of guanidine groups is 1. The molecule has 9 heteroatoms. The SMILES string of the molecule is CCNC(=NCc1ccc(-n2cncn2)cc1)NCc1ccc(C)cc1OCCOC.I. The van der Waals surface area contributed by atoms with Gasteiger partial charge < -0.3 is 20.1 Å². The summed E-state index contributed by atoms with van der Waals surface area (Å²) < 4.78 is 12.7. The lowest BCUT2D eigenvalue weighted by molar-refractivity contribution is 0.145. The van der Waals surface area contributed by atoms with Crippen molar-refractivity contribution in [3.8, 4) is 11.4 Å². The molecular weight excluding hydrogens is 519 g/mol. The summed E-state index contributed by atoms with van der Waals surface area (Å²) in [6, 6.07) is 14.3. The molecule has 8 nitrogen and oxygen atoms in total. The van der Waals surface area contributed by atoms with Crippen molar-refractivity contribution in [3.63, 3.8) is 0 Å². The predicted octanol–water partition coefficient (Wildman–Crippen LogP) is 3.47. The van der Waals surface area contributed by atoms with Crippen LogP contribution in [0.5, 0.6) is 5.75 Å². The summed E-state index contributed by atoms with van der Waals surface area (Å²) >= 11 is 0. The first-order valence-corrected chi connectivity index (χ1v) is 10.4. The van der Waals surface area contributed by atoms with Gasteiger partial charge in [-0.1, -0.05) is 24.3 Å². The third kappa shape index (κ3) is 7.79. The fourth-order valence-corrected chi connectivity index (χ4v) is 2.96. The van der Waals surface area contributed by atoms with Crippen molar-refractivity contribution >= 4 is 29.9 Å². The first-order chi connectivity index (χ1) is 15.2. The van der Waals surface area contributed by atoms with Crippen molar-refractivity contribution in [2.45, 2.75) is 26.9 Å². The monoisotopic (exact) mass is 550 g/mol. The van der Waals surface area contributed by atoms with E-state index in [9.17, 15) is 0 Å². The number of aliphatic imine (C=N–C) groups is 1. The second-order valence-corrected chi connectivity index (χ2v) is 7.01. The summed E-state index contributed by atoms with van der Waals surface area (Å²) in [6.07, 6.45) is 3.20. The lowest BCUT2D eigenvalue weighted by Gasteiger charge is -2.15. The van der Waals surface area contributed by atoms with Gasteiger partial charge in [-0.25, -0.2) is 14.7 Å². The van der Waals surface area contributed by atoms with Crippen LogP contribution < -0.4 is 15.4 Å². The fourth-order valence-electron chi connectivity index (χ4n) is 2.96. The maximum Gasteiger partial charge on any atom is 0.191 e. The van der Waals surface area contributed by atoms with Crippen LogP contribution in [0.15, 0.2) is 60.1 Å². The van der Waals surface area contributed by atoms with Crippen LogP contribution >= 0.6 is 24.0 Å². The molecule has 0 amide bonds. The van der Waals surface area contributed by atoms with Crippen LogP contribution in [0, 0.1) is 6.92 Å². The summed E-state index contributed by atoms with van der Waals surface area (Å²) in [7, 11) is 1.67. The van der Waals surface area contributed by atoms with Gasteiger partial charge in [-0.3, -0.25) is 0 Å². The van der Waals surface area contributed by atoms with Crippen molar-refractivity contribution in [1.29, 1.82) is 0 Å². The highest BCUT2D eigenvalue weighted by Crippen LogP contribution is 2.20. The molecule has 0 aliphatic carbocycles. The molecule has 1 heterocycles. The normalized spacial score (nSPS) is 11.0. The number of hydrogen-bond donors (Lipinski definition) is 2. The molecule has 0 aliphatic rings. The number of rotatable bonds is 10. The Balaban J connectivity index is 0.00000363. The minimum absolute atomic E-state index is 0. The highest BCUT2D eigenvalue weighted by Gasteiger charge is 2.06. The molecule has 0 saturated heterocycles. The number of halogens is 1. The number of benzene rings is 2. The molecule has 0 unspecified atom stereocenters. The molecule has 0 saturated carbocycles. The molecule has 1 aromatic heterocycles. The van der Waals surface area contributed by atoms with E-state index in [1.165, 1.54) is 6.33 Å². The molecule has 2 N–H and O–H groups in total. The van der Waals surface area contributed by atoms with Gasteiger partial charge in [0.1, 0.15) is 25.0 Å². The molecule has 0 spiro atoms. The molecule has 3 rings (SSSR count). The minimum Gasteiger partial charge on any atom is -0.491 e. The molecule has 0 radical (unpaired) electrons. The van der Waals surface area contributed by atoms with E-state index in [0.717, 1.165) is 40.6 Å². The van der Waals surface area contributed by atoms with Gasteiger partial charge in [0.25, 0.3) is 0 Å². The average Bonchev–Trinajstić information content (AvgIpc) is 3.32. The van der Waals surface area contributed by atoms with Crippen molar-refractivity contribution < 1.29 is 9.47 Å². The number of aromatic nitrogens is 3. The Hall–Kier alpha value is -2.66. The van der Waals surface area contributed by atoms with E-state index in [4.69, 9.17) is 14.5 Å².